The number of rotatable bonds is 3. The maximum absolute atomic E-state index is 12.9. The summed E-state index contributed by atoms with van der Waals surface area (Å²) in [6.45, 7) is 2.81. The summed E-state index contributed by atoms with van der Waals surface area (Å²) in [7, 11) is 0. The number of nitrogens with zero attached hydrogens (tertiary/aromatic N) is 2. The molecule has 1 amide bonds. The van der Waals surface area contributed by atoms with E-state index < -0.39 is 5.41 Å². The number of carbonyl (C=O) groups is 1. The zero-order valence-corrected chi connectivity index (χ0v) is 12.2. The zero-order valence-electron chi connectivity index (χ0n) is 12.2. The summed E-state index contributed by atoms with van der Waals surface area (Å²) in [6.07, 6.45) is 10.8. The van der Waals surface area contributed by atoms with Crippen molar-refractivity contribution in [3.63, 3.8) is 0 Å². The SMILES string of the molecule is CCN(C(=O)C1(C#N)CCCCC1)C1CCCCC1. The molecule has 0 unspecified atom stereocenters. The van der Waals surface area contributed by atoms with Crippen molar-refractivity contribution in [1.29, 1.82) is 5.26 Å². The Morgan fingerprint density at radius 3 is 2.26 bits per heavy atom. The molecule has 0 aliphatic heterocycles. The minimum atomic E-state index is -0.703. The van der Waals surface area contributed by atoms with Crippen molar-refractivity contribution < 1.29 is 4.79 Å². The highest BCUT2D eigenvalue weighted by Gasteiger charge is 2.43. The Balaban J connectivity index is 2.12. The molecular formula is C16H26N2O. The second-order valence-corrected chi connectivity index (χ2v) is 6.14. The Kier molecular flexibility index (Phi) is 4.85. The number of hydrogen-bond acceptors (Lipinski definition) is 2. The van der Waals surface area contributed by atoms with Crippen LogP contribution in [-0.2, 0) is 4.79 Å². The number of hydrogen-bond donors (Lipinski definition) is 0. The molecule has 2 rings (SSSR count). The molecule has 0 saturated heterocycles. The molecule has 3 heteroatoms. The first-order valence-corrected chi connectivity index (χ1v) is 7.96. The van der Waals surface area contributed by atoms with Crippen molar-refractivity contribution in [2.24, 2.45) is 5.41 Å². The maximum Gasteiger partial charge on any atom is 0.243 e. The fourth-order valence-corrected chi connectivity index (χ4v) is 3.76. The first-order valence-electron chi connectivity index (χ1n) is 7.96. The third kappa shape index (κ3) is 2.94. The van der Waals surface area contributed by atoms with Crippen molar-refractivity contribution in [3.8, 4) is 6.07 Å². The molecule has 0 atom stereocenters. The second kappa shape index (κ2) is 6.41. The molecular weight excluding hydrogens is 236 g/mol. The van der Waals surface area contributed by atoms with Gasteiger partial charge in [0.15, 0.2) is 0 Å². The quantitative estimate of drug-likeness (QED) is 0.779. The van der Waals surface area contributed by atoms with Gasteiger partial charge in [-0.05, 0) is 32.6 Å². The van der Waals surface area contributed by atoms with Crippen LogP contribution in [0.4, 0.5) is 0 Å². The lowest BCUT2D eigenvalue weighted by Gasteiger charge is -2.40. The third-order valence-electron chi connectivity index (χ3n) is 4.95. The van der Waals surface area contributed by atoms with Crippen molar-refractivity contribution in [1.82, 2.24) is 4.90 Å². The van der Waals surface area contributed by atoms with E-state index in [1.54, 1.807) is 0 Å². The van der Waals surface area contributed by atoms with Crippen LogP contribution in [0.5, 0.6) is 0 Å². The van der Waals surface area contributed by atoms with E-state index in [2.05, 4.69) is 13.0 Å². The minimum Gasteiger partial charge on any atom is -0.339 e. The summed E-state index contributed by atoms with van der Waals surface area (Å²) < 4.78 is 0. The number of nitriles is 1. The predicted octanol–water partition coefficient (Wildman–Crippen LogP) is 3.64. The summed E-state index contributed by atoms with van der Waals surface area (Å²) >= 11 is 0. The van der Waals surface area contributed by atoms with E-state index in [1.165, 1.54) is 25.7 Å². The Hall–Kier alpha value is -1.04. The van der Waals surface area contributed by atoms with Gasteiger partial charge in [-0.2, -0.15) is 5.26 Å². The molecule has 3 nitrogen and oxygen atoms in total. The van der Waals surface area contributed by atoms with E-state index in [-0.39, 0.29) is 5.91 Å². The first kappa shape index (κ1) is 14.4. The summed E-state index contributed by atoms with van der Waals surface area (Å²) in [5, 5.41) is 9.56. The predicted molar refractivity (Wildman–Crippen MR) is 75.4 cm³/mol. The zero-order chi connectivity index (χ0) is 13.7. The van der Waals surface area contributed by atoms with Crippen molar-refractivity contribution in [2.45, 2.75) is 77.2 Å². The Morgan fingerprint density at radius 2 is 1.74 bits per heavy atom. The Labute approximate surface area is 117 Å². The molecule has 2 saturated carbocycles. The molecule has 0 radical (unpaired) electrons. The van der Waals surface area contributed by atoms with E-state index in [9.17, 15) is 10.1 Å². The molecule has 0 aromatic rings. The van der Waals surface area contributed by atoms with Gasteiger partial charge in [-0.1, -0.05) is 38.5 Å². The summed E-state index contributed by atoms with van der Waals surface area (Å²) in [4.78, 5) is 14.9. The van der Waals surface area contributed by atoms with Crippen LogP contribution in [0.2, 0.25) is 0 Å². The maximum atomic E-state index is 12.9. The second-order valence-electron chi connectivity index (χ2n) is 6.14. The van der Waals surface area contributed by atoms with Gasteiger partial charge in [0.2, 0.25) is 5.91 Å². The first-order chi connectivity index (χ1) is 9.23. The van der Waals surface area contributed by atoms with E-state index in [4.69, 9.17) is 0 Å². The lowest BCUT2D eigenvalue weighted by molar-refractivity contribution is -0.143. The van der Waals surface area contributed by atoms with Gasteiger partial charge in [-0.15, -0.1) is 0 Å². The van der Waals surface area contributed by atoms with E-state index in [1.807, 2.05) is 4.90 Å². The van der Waals surface area contributed by atoms with Crippen LogP contribution in [0.3, 0.4) is 0 Å². The van der Waals surface area contributed by atoms with Crippen molar-refractivity contribution in [2.75, 3.05) is 6.54 Å². The normalized spacial score (nSPS) is 23.6. The van der Waals surface area contributed by atoms with Gasteiger partial charge in [-0.3, -0.25) is 4.79 Å². The van der Waals surface area contributed by atoms with E-state index in [0.717, 1.165) is 45.1 Å². The molecule has 0 aromatic carbocycles. The molecule has 0 N–H and O–H groups in total. The van der Waals surface area contributed by atoms with Crippen LogP contribution < -0.4 is 0 Å². The average Bonchev–Trinajstić information content (AvgIpc) is 2.49. The van der Waals surface area contributed by atoms with Crippen LogP contribution in [-0.4, -0.2) is 23.4 Å². The molecule has 0 spiro atoms. The topological polar surface area (TPSA) is 44.1 Å². The Morgan fingerprint density at radius 1 is 1.16 bits per heavy atom. The van der Waals surface area contributed by atoms with Crippen LogP contribution in [0.25, 0.3) is 0 Å². The van der Waals surface area contributed by atoms with Crippen LogP contribution >= 0.6 is 0 Å². The highest BCUT2D eigenvalue weighted by Crippen LogP contribution is 2.38. The summed E-state index contributed by atoms with van der Waals surface area (Å²) in [6, 6.07) is 2.77. The van der Waals surface area contributed by atoms with Gasteiger partial charge < -0.3 is 4.90 Å². The summed E-state index contributed by atoms with van der Waals surface area (Å²) in [5.74, 6) is 0.129. The van der Waals surface area contributed by atoms with E-state index in [0.29, 0.717) is 6.04 Å². The number of carbonyl (C=O) groups excluding carboxylic acids is 1. The van der Waals surface area contributed by atoms with Crippen molar-refractivity contribution in [3.05, 3.63) is 0 Å². The molecule has 0 heterocycles. The molecule has 0 aromatic heterocycles. The van der Waals surface area contributed by atoms with Crippen LogP contribution in [0.15, 0.2) is 0 Å². The molecule has 2 aliphatic carbocycles. The lowest BCUT2D eigenvalue weighted by atomic mass is 9.73. The molecule has 19 heavy (non-hydrogen) atoms. The highest BCUT2D eigenvalue weighted by atomic mass is 16.2. The minimum absolute atomic E-state index is 0.129. The Bertz CT molecular complexity index is 346. The standard InChI is InChI=1S/C16H26N2O/c1-2-18(14-9-5-3-6-10-14)15(19)16(13-17)11-7-4-8-12-16/h14H,2-12H2,1H3. The van der Waals surface area contributed by atoms with Gasteiger partial charge in [-0.25, -0.2) is 0 Å². The van der Waals surface area contributed by atoms with Gasteiger partial charge in [0, 0.05) is 12.6 Å². The fraction of sp³-hybridized carbons (Fsp3) is 0.875. The third-order valence-corrected chi connectivity index (χ3v) is 4.95. The number of amides is 1. The van der Waals surface area contributed by atoms with Gasteiger partial charge in [0.1, 0.15) is 5.41 Å². The smallest absolute Gasteiger partial charge is 0.243 e. The molecule has 2 aliphatic rings. The van der Waals surface area contributed by atoms with Crippen LogP contribution in [0.1, 0.15) is 71.1 Å². The fourth-order valence-electron chi connectivity index (χ4n) is 3.76. The van der Waals surface area contributed by atoms with Crippen molar-refractivity contribution >= 4 is 5.91 Å². The van der Waals surface area contributed by atoms with Crippen LogP contribution in [0, 0.1) is 16.7 Å². The summed E-state index contributed by atoms with van der Waals surface area (Å²) in [5.41, 5.74) is -0.703. The largest absolute Gasteiger partial charge is 0.339 e. The van der Waals surface area contributed by atoms with Gasteiger partial charge in [0.05, 0.1) is 6.07 Å². The lowest BCUT2D eigenvalue weighted by Crippen LogP contribution is -2.49. The highest BCUT2D eigenvalue weighted by molar-refractivity contribution is 5.85. The molecule has 2 fully saturated rings. The monoisotopic (exact) mass is 262 g/mol. The molecule has 0 bridgehead atoms. The molecule has 106 valence electrons. The average molecular weight is 262 g/mol. The van der Waals surface area contributed by atoms with Gasteiger partial charge >= 0.3 is 0 Å². The van der Waals surface area contributed by atoms with Gasteiger partial charge in [0.25, 0.3) is 0 Å². The van der Waals surface area contributed by atoms with E-state index >= 15 is 0 Å².